The van der Waals surface area contributed by atoms with E-state index in [4.69, 9.17) is 10.00 Å². The van der Waals surface area contributed by atoms with Gasteiger partial charge in [-0.05, 0) is 42.3 Å². The number of carbonyl (C=O) groups excluding carboxylic acids is 1. The van der Waals surface area contributed by atoms with Gasteiger partial charge < -0.3 is 14.8 Å². The number of rotatable bonds is 8. The molecule has 5 nitrogen and oxygen atoms in total. The number of hydrogen-bond donors (Lipinski definition) is 1. The van der Waals surface area contributed by atoms with E-state index < -0.39 is 6.61 Å². The largest absolute Gasteiger partial charge is 0.484 e. The van der Waals surface area contributed by atoms with Crippen molar-refractivity contribution >= 4 is 5.91 Å². The van der Waals surface area contributed by atoms with Gasteiger partial charge in [0.1, 0.15) is 11.5 Å². The lowest BCUT2D eigenvalue weighted by molar-refractivity contribution is -0.123. The summed E-state index contributed by atoms with van der Waals surface area (Å²) in [5, 5.41) is 11.5. The van der Waals surface area contributed by atoms with Crippen LogP contribution in [-0.2, 0) is 11.2 Å². The Bertz CT molecular complexity index is 743. The summed E-state index contributed by atoms with van der Waals surface area (Å²) in [5.41, 5.74) is 1.33. The number of alkyl halides is 2. The van der Waals surface area contributed by atoms with Crippen LogP contribution < -0.4 is 14.8 Å². The minimum Gasteiger partial charge on any atom is -0.484 e. The third-order valence-electron chi connectivity index (χ3n) is 3.22. The summed E-state index contributed by atoms with van der Waals surface area (Å²) < 4.78 is 33.7. The highest BCUT2D eigenvalue weighted by Gasteiger charge is 2.05. The zero-order valence-corrected chi connectivity index (χ0v) is 13.2. The molecule has 1 N–H and O–H groups in total. The lowest BCUT2D eigenvalue weighted by Crippen LogP contribution is -2.30. The van der Waals surface area contributed by atoms with Crippen molar-refractivity contribution < 1.29 is 23.0 Å². The van der Waals surface area contributed by atoms with Gasteiger partial charge in [-0.3, -0.25) is 4.79 Å². The number of hydrogen-bond acceptors (Lipinski definition) is 4. The van der Waals surface area contributed by atoms with Crippen LogP contribution >= 0.6 is 0 Å². The molecular weight excluding hydrogens is 330 g/mol. The lowest BCUT2D eigenvalue weighted by Gasteiger charge is -2.08. The fourth-order valence-corrected chi connectivity index (χ4v) is 2.04. The lowest BCUT2D eigenvalue weighted by atomic mass is 10.1. The second-order valence-corrected chi connectivity index (χ2v) is 5.05. The SMILES string of the molecule is N#Cc1cccc(OCC(=O)NCCc2ccc(OC(F)F)cc2)c1. The first-order chi connectivity index (χ1) is 12.1. The van der Waals surface area contributed by atoms with Gasteiger partial charge in [0.25, 0.3) is 5.91 Å². The zero-order chi connectivity index (χ0) is 18.1. The molecule has 0 aliphatic rings. The van der Waals surface area contributed by atoms with Crippen molar-refractivity contribution in [2.45, 2.75) is 13.0 Å². The van der Waals surface area contributed by atoms with Crippen LogP contribution in [0.25, 0.3) is 0 Å². The van der Waals surface area contributed by atoms with Crippen LogP contribution in [0.3, 0.4) is 0 Å². The van der Waals surface area contributed by atoms with Crippen molar-refractivity contribution in [3.05, 3.63) is 59.7 Å². The van der Waals surface area contributed by atoms with Gasteiger partial charge >= 0.3 is 6.61 Å². The molecule has 0 saturated heterocycles. The van der Waals surface area contributed by atoms with Crippen LogP contribution in [-0.4, -0.2) is 25.7 Å². The zero-order valence-electron chi connectivity index (χ0n) is 13.2. The Morgan fingerprint density at radius 1 is 1.16 bits per heavy atom. The Labute approximate surface area is 143 Å². The maximum absolute atomic E-state index is 12.1. The van der Waals surface area contributed by atoms with Gasteiger partial charge in [-0.2, -0.15) is 14.0 Å². The molecule has 2 aromatic rings. The van der Waals surface area contributed by atoms with Gasteiger partial charge in [-0.1, -0.05) is 18.2 Å². The van der Waals surface area contributed by atoms with E-state index in [9.17, 15) is 13.6 Å². The first-order valence-corrected chi connectivity index (χ1v) is 7.50. The summed E-state index contributed by atoms with van der Waals surface area (Å²) in [5.74, 6) is 0.250. The van der Waals surface area contributed by atoms with Crippen molar-refractivity contribution in [1.82, 2.24) is 5.32 Å². The Kier molecular flexibility index (Phi) is 6.72. The summed E-state index contributed by atoms with van der Waals surface area (Å²) in [6, 6.07) is 14.8. The number of nitrogens with zero attached hydrogens (tertiary/aromatic N) is 1. The number of halogens is 2. The van der Waals surface area contributed by atoms with Gasteiger partial charge in [0.15, 0.2) is 6.61 Å². The molecule has 2 rings (SSSR count). The number of benzene rings is 2. The monoisotopic (exact) mass is 346 g/mol. The van der Waals surface area contributed by atoms with Crippen molar-refractivity contribution in [2.24, 2.45) is 0 Å². The Hall–Kier alpha value is -3.14. The fraction of sp³-hybridized carbons (Fsp3) is 0.222. The minimum absolute atomic E-state index is 0.0933. The number of carbonyl (C=O) groups is 1. The quantitative estimate of drug-likeness (QED) is 0.798. The molecule has 0 aliphatic heterocycles. The molecule has 0 unspecified atom stereocenters. The molecule has 25 heavy (non-hydrogen) atoms. The van der Waals surface area contributed by atoms with Gasteiger partial charge in [0, 0.05) is 6.54 Å². The molecule has 0 fully saturated rings. The van der Waals surface area contributed by atoms with E-state index in [-0.39, 0.29) is 18.3 Å². The Morgan fingerprint density at radius 2 is 1.92 bits per heavy atom. The summed E-state index contributed by atoms with van der Waals surface area (Å²) in [4.78, 5) is 11.7. The maximum atomic E-state index is 12.1. The average Bonchev–Trinajstić information content (AvgIpc) is 2.61. The molecular formula is C18H16F2N2O3. The van der Waals surface area contributed by atoms with Crippen LogP contribution in [0.2, 0.25) is 0 Å². The molecule has 0 aliphatic carbocycles. The number of nitrogens with one attached hydrogen (secondary N) is 1. The van der Waals surface area contributed by atoms with E-state index in [0.29, 0.717) is 24.3 Å². The van der Waals surface area contributed by atoms with E-state index in [1.807, 2.05) is 6.07 Å². The topological polar surface area (TPSA) is 71.3 Å². The van der Waals surface area contributed by atoms with Crippen molar-refractivity contribution in [3.63, 3.8) is 0 Å². The van der Waals surface area contributed by atoms with E-state index in [0.717, 1.165) is 5.56 Å². The first-order valence-electron chi connectivity index (χ1n) is 7.50. The highest BCUT2D eigenvalue weighted by atomic mass is 19.3. The summed E-state index contributed by atoms with van der Waals surface area (Å²) in [7, 11) is 0. The maximum Gasteiger partial charge on any atom is 0.387 e. The molecule has 7 heteroatoms. The second-order valence-electron chi connectivity index (χ2n) is 5.05. The molecule has 0 bridgehead atoms. The van der Waals surface area contributed by atoms with Gasteiger partial charge in [0.2, 0.25) is 0 Å². The first kappa shape index (κ1) is 18.2. The van der Waals surface area contributed by atoms with Gasteiger partial charge in [0.05, 0.1) is 11.6 Å². The third-order valence-corrected chi connectivity index (χ3v) is 3.22. The van der Waals surface area contributed by atoms with Crippen LogP contribution in [0.15, 0.2) is 48.5 Å². The smallest absolute Gasteiger partial charge is 0.387 e. The summed E-state index contributed by atoms with van der Waals surface area (Å²) >= 11 is 0. The fourth-order valence-electron chi connectivity index (χ4n) is 2.04. The molecule has 0 saturated carbocycles. The molecule has 0 atom stereocenters. The van der Waals surface area contributed by atoms with Crippen LogP contribution in [0, 0.1) is 11.3 Å². The molecule has 0 aromatic heterocycles. The molecule has 130 valence electrons. The van der Waals surface area contributed by atoms with Gasteiger partial charge in [-0.25, -0.2) is 0 Å². The highest BCUT2D eigenvalue weighted by molar-refractivity contribution is 5.77. The average molecular weight is 346 g/mol. The Balaban J connectivity index is 1.70. The van der Waals surface area contributed by atoms with Crippen molar-refractivity contribution in [2.75, 3.05) is 13.2 Å². The molecule has 2 aromatic carbocycles. The van der Waals surface area contributed by atoms with E-state index >= 15 is 0 Å². The van der Waals surface area contributed by atoms with E-state index in [1.54, 1.807) is 36.4 Å². The molecule has 0 spiro atoms. The minimum atomic E-state index is -2.85. The number of nitriles is 1. The molecule has 1 amide bonds. The predicted octanol–water partition coefficient (Wildman–Crippen LogP) is 2.90. The van der Waals surface area contributed by atoms with E-state index in [1.165, 1.54) is 12.1 Å². The predicted molar refractivity (Wildman–Crippen MR) is 86.4 cm³/mol. The molecule has 0 heterocycles. The number of amides is 1. The highest BCUT2D eigenvalue weighted by Crippen LogP contribution is 2.15. The normalized spacial score (nSPS) is 10.2. The van der Waals surface area contributed by atoms with Crippen LogP contribution in [0.4, 0.5) is 8.78 Å². The third kappa shape index (κ3) is 6.47. The van der Waals surface area contributed by atoms with E-state index in [2.05, 4.69) is 10.1 Å². The van der Waals surface area contributed by atoms with Gasteiger partial charge in [-0.15, -0.1) is 0 Å². The van der Waals surface area contributed by atoms with Crippen LogP contribution in [0.5, 0.6) is 11.5 Å². The summed E-state index contributed by atoms with van der Waals surface area (Å²) in [6.07, 6.45) is 0.546. The summed E-state index contributed by atoms with van der Waals surface area (Å²) in [6.45, 7) is -2.62. The standard InChI is InChI=1S/C18H16F2N2O3/c19-18(20)25-15-6-4-13(5-7-15)8-9-22-17(23)12-24-16-3-1-2-14(10-16)11-21/h1-7,10,18H,8-9,12H2,(H,22,23). The van der Waals surface area contributed by atoms with Crippen molar-refractivity contribution in [1.29, 1.82) is 5.26 Å². The van der Waals surface area contributed by atoms with Crippen molar-refractivity contribution in [3.8, 4) is 17.6 Å². The number of ether oxygens (including phenoxy) is 2. The Morgan fingerprint density at radius 3 is 2.60 bits per heavy atom. The van der Waals surface area contributed by atoms with Crippen LogP contribution in [0.1, 0.15) is 11.1 Å². The second kappa shape index (κ2) is 9.23. The molecule has 0 radical (unpaired) electrons.